The Morgan fingerprint density at radius 2 is 1.82 bits per heavy atom. The third-order valence-corrected chi connectivity index (χ3v) is 6.43. The zero-order valence-electron chi connectivity index (χ0n) is 17.8. The van der Waals surface area contributed by atoms with Crippen LogP contribution in [0.4, 0.5) is 22.5 Å². The number of nitrogens with two attached hydrogens (primary N) is 2. The standard InChI is InChI=1S/C22H21N7O3S2/c23-21-29-19(15-4-2-5-16(12-15)26-13-30)20(33-21)18-7-9-25-22(28-18)27-17-6-1-3-14(11-17)8-10-34(24,31)32/h1-7,9,11-13H,8,10H2,(H2,23,29)(H,26,30)(H2,24,31,32)(H,25,27,28). The summed E-state index contributed by atoms with van der Waals surface area (Å²) in [7, 11) is -3.54. The van der Waals surface area contributed by atoms with E-state index in [1.165, 1.54) is 11.3 Å². The largest absolute Gasteiger partial charge is 0.375 e. The second-order valence-electron chi connectivity index (χ2n) is 7.28. The molecular formula is C22H21N7O3S2. The summed E-state index contributed by atoms with van der Waals surface area (Å²) < 4.78 is 22.5. The maximum Gasteiger partial charge on any atom is 0.227 e. The Morgan fingerprint density at radius 3 is 2.62 bits per heavy atom. The Morgan fingerprint density at radius 1 is 1.03 bits per heavy atom. The molecule has 0 aliphatic carbocycles. The van der Waals surface area contributed by atoms with E-state index in [0.717, 1.165) is 16.0 Å². The molecule has 2 aromatic heterocycles. The number of sulfonamides is 1. The fourth-order valence-corrected chi connectivity index (χ4v) is 4.61. The van der Waals surface area contributed by atoms with Crippen molar-refractivity contribution in [2.75, 3.05) is 22.1 Å². The van der Waals surface area contributed by atoms with Crippen LogP contribution in [0.5, 0.6) is 0 Å². The van der Waals surface area contributed by atoms with Crippen molar-refractivity contribution < 1.29 is 13.2 Å². The molecule has 0 saturated carbocycles. The van der Waals surface area contributed by atoms with Gasteiger partial charge in [-0.05, 0) is 42.3 Å². The number of rotatable bonds is 9. The number of carbonyl (C=O) groups excluding carboxylic acids is 1. The highest BCUT2D eigenvalue weighted by Gasteiger charge is 2.16. The minimum Gasteiger partial charge on any atom is -0.375 e. The van der Waals surface area contributed by atoms with Crippen LogP contribution in [0.3, 0.4) is 0 Å². The molecule has 0 aliphatic heterocycles. The molecule has 0 saturated heterocycles. The van der Waals surface area contributed by atoms with Gasteiger partial charge in [0.15, 0.2) is 5.13 Å². The van der Waals surface area contributed by atoms with Crippen molar-refractivity contribution in [3.05, 3.63) is 66.4 Å². The number of hydrogen-bond acceptors (Lipinski definition) is 9. The topological polar surface area (TPSA) is 166 Å². The number of thiazole rings is 1. The van der Waals surface area contributed by atoms with Gasteiger partial charge >= 0.3 is 0 Å². The van der Waals surface area contributed by atoms with Gasteiger partial charge in [-0.25, -0.2) is 28.5 Å². The quantitative estimate of drug-likeness (QED) is 0.257. The van der Waals surface area contributed by atoms with E-state index >= 15 is 0 Å². The molecule has 174 valence electrons. The number of aryl methyl sites for hydroxylation is 1. The average Bonchev–Trinajstić information content (AvgIpc) is 3.20. The lowest BCUT2D eigenvalue weighted by molar-refractivity contribution is -0.105. The number of anilines is 4. The molecule has 0 radical (unpaired) electrons. The van der Waals surface area contributed by atoms with Gasteiger partial charge in [-0.2, -0.15) is 0 Å². The summed E-state index contributed by atoms with van der Waals surface area (Å²) in [4.78, 5) is 24.9. The Hall–Kier alpha value is -3.87. The molecule has 10 nitrogen and oxygen atoms in total. The molecule has 4 rings (SSSR count). The Labute approximate surface area is 200 Å². The van der Waals surface area contributed by atoms with Crippen molar-refractivity contribution in [1.82, 2.24) is 15.0 Å². The summed E-state index contributed by atoms with van der Waals surface area (Å²) >= 11 is 1.30. The van der Waals surface area contributed by atoms with E-state index < -0.39 is 10.0 Å². The number of aromatic nitrogens is 3. The van der Waals surface area contributed by atoms with Crippen molar-refractivity contribution >= 4 is 50.2 Å². The number of nitrogens with one attached hydrogen (secondary N) is 2. The minimum absolute atomic E-state index is 0.137. The predicted octanol–water partition coefficient (Wildman–Crippen LogP) is 2.99. The average molecular weight is 496 g/mol. The molecular weight excluding hydrogens is 474 g/mol. The highest BCUT2D eigenvalue weighted by Crippen LogP contribution is 2.38. The van der Waals surface area contributed by atoms with E-state index in [9.17, 15) is 13.2 Å². The van der Waals surface area contributed by atoms with Crippen molar-refractivity contribution in [3.8, 4) is 21.8 Å². The maximum absolute atomic E-state index is 11.2. The van der Waals surface area contributed by atoms with Crippen LogP contribution < -0.4 is 21.5 Å². The fraction of sp³-hybridized carbons (Fsp3) is 0.0909. The van der Waals surface area contributed by atoms with Crippen LogP contribution in [0.2, 0.25) is 0 Å². The van der Waals surface area contributed by atoms with E-state index in [1.807, 2.05) is 36.4 Å². The minimum atomic E-state index is -3.54. The molecule has 0 fully saturated rings. The highest BCUT2D eigenvalue weighted by molar-refractivity contribution is 7.89. The monoisotopic (exact) mass is 495 g/mol. The SMILES string of the molecule is Nc1nc(-c2cccc(NC=O)c2)c(-c2ccnc(Nc3cccc(CCS(N)(=O)=O)c3)n2)s1. The number of benzene rings is 2. The van der Waals surface area contributed by atoms with Gasteiger partial charge in [0.25, 0.3) is 0 Å². The van der Waals surface area contributed by atoms with Gasteiger partial charge < -0.3 is 16.4 Å². The van der Waals surface area contributed by atoms with E-state index in [-0.39, 0.29) is 5.75 Å². The molecule has 12 heteroatoms. The van der Waals surface area contributed by atoms with Crippen molar-refractivity contribution in [1.29, 1.82) is 0 Å². The third kappa shape index (κ3) is 5.92. The van der Waals surface area contributed by atoms with Gasteiger partial charge in [0, 0.05) is 23.1 Å². The van der Waals surface area contributed by atoms with E-state index in [0.29, 0.717) is 46.7 Å². The normalized spacial score (nSPS) is 11.2. The van der Waals surface area contributed by atoms with Gasteiger partial charge in [0.1, 0.15) is 0 Å². The molecule has 0 atom stereocenters. The summed E-state index contributed by atoms with van der Waals surface area (Å²) in [5.41, 5.74) is 10.2. The van der Waals surface area contributed by atoms with Crippen LogP contribution in [0.1, 0.15) is 5.56 Å². The number of amides is 1. The zero-order valence-corrected chi connectivity index (χ0v) is 19.4. The molecule has 34 heavy (non-hydrogen) atoms. The molecule has 0 spiro atoms. The predicted molar refractivity (Wildman–Crippen MR) is 134 cm³/mol. The smallest absolute Gasteiger partial charge is 0.227 e. The first-order valence-electron chi connectivity index (χ1n) is 10.1. The van der Waals surface area contributed by atoms with Crippen LogP contribution in [-0.2, 0) is 21.2 Å². The van der Waals surface area contributed by atoms with Crippen LogP contribution >= 0.6 is 11.3 Å². The lowest BCUT2D eigenvalue weighted by Gasteiger charge is -2.09. The number of nitrogen functional groups attached to an aromatic ring is 1. The van der Waals surface area contributed by atoms with Gasteiger partial charge in [-0.1, -0.05) is 35.6 Å². The number of carbonyl (C=O) groups is 1. The van der Waals surface area contributed by atoms with Gasteiger partial charge in [-0.15, -0.1) is 0 Å². The van der Waals surface area contributed by atoms with Crippen LogP contribution in [0, 0.1) is 0 Å². The first-order valence-corrected chi connectivity index (χ1v) is 12.6. The molecule has 6 N–H and O–H groups in total. The van der Waals surface area contributed by atoms with Crippen molar-refractivity contribution in [2.24, 2.45) is 5.14 Å². The molecule has 2 aromatic carbocycles. The van der Waals surface area contributed by atoms with Crippen molar-refractivity contribution in [2.45, 2.75) is 6.42 Å². The molecule has 0 unspecified atom stereocenters. The van der Waals surface area contributed by atoms with Crippen molar-refractivity contribution in [3.63, 3.8) is 0 Å². The van der Waals surface area contributed by atoms with Gasteiger partial charge in [0.2, 0.25) is 22.4 Å². The summed E-state index contributed by atoms with van der Waals surface area (Å²) in [6.07, 6.45) is 2.54. The fourth-order valence-electron chi connectivity index (χ4n) is 3.27. The Bertz CT molecular complexity index is 1440. The highest BCUT2D eigenvalue weighted by atomic mass is 32.2. The Kier molecular flexibility index (Phi) is 6.82. The van der Waals surface area contributed by atoms with Gasteiger partial charge in [-0.3, -0.25) is 4.79 Å². The van der Waals surface area contributed by atoms with Crippen LogP contribution in [0.15, 0.2) is 60.8 Å². The number of nitrogens with zero attached hydrogens (tertiary/aromatic N) is 3. The molecule has 0 aliphatic rings. The van der Waals surface area contributed by atoms with Crippen LogP contribution in [-0.4, -0.2) is 35.5 Å². The van der Waals surface area contributed by atoms with Gasteiger partial charge in [0.05, 0.1) is 22.0 Å². The maximum atomic E-state index is 11.2. The molecule has 4 aromatic rings. The van der Waals surface area contributed by atoms with Crippen LogP contribution in [0.25, 0.3) is 21.8 Å². The molecule has 1 amide bonds. The van der Waals surface area contributed by atoms with E-state index in [4.69, 9.17) is 10.9 Å². The number of primary sulfonamides is 1. The first kappa shape index (κ1) is 23.3. The summed E-state index contributed by atoms with van der Waals surface area (Å²) in [6.45, 7) is 0. The third-order valence-electron chi connectivity index (χ3n) is 4.75. The van der Waals surface area contributed by atoms with E-state index in [1.54, 1.807) is 24.4 Å². The second kappa shape index (κ2) is 9.95. The summed E-state index contributed by atoms with van der Waals surface area (Å²) in [5.74, 6) is 0.220. The molecule has 2 heterocycles. The lowest BCUT2D eigenvalue weighted by Crippen LogP contribution is -2.17. The first-order chi connectivity index (χ1) is 16.3. The summed E-state index contributed by atoms with van der Waals surface area (Å²) in [5, 5.41) is 11.3. The molecule has 0 bridgehead atoms. The lowest BCUT2D eigenvalue weighted by atomic mass is 10.1. The summed E-state index contributed by atoms with van der Waals surface area (Å²) in [6, 6.07) is 16.3. The Balaban J connectivity index is 1.61. The number of hydrogen-bond donors (Lipinski definition) is 4. The van der Waals surface area contributed by atoms with E-state index in [2.05, 4.69) is 25.6 Å². The zero-order chi connectivity index (χ0) is 24.1. The second-order valence-corrected chi connectivity index (χ2v) is 10.0.